The van der Waals surface area contributed by atoms with Gasteiger partial charge < -0.3 is 0 Å². The molecule has 4 nitrogen and oxygen atoms in total. The highest BCUT2D eigenvalue weighted by molar-refractivity contribution is 6.30. The summed E-state index contributed by atoms with van der Waals surface area (Å²) in [5.41, 5.74) is 6.96. The summed E-state index contributed by atoms with van der Waals surface area (Å²) in [6.45, 7) is 2.12. The van der Waals surface area contributed by atoms with Gasteiger partial charge in [0.15, 0.2) is 5.82 Å². The minimum absolute atomic E-state index is 0.0745. The average molecular weight is 356 g/mol. The normalized spacial score (nSPS) is 15.6. The number of carbonyl (C=O) groups is 1. The number of hydrogen-bond acceptors (Lipinski definition) is 3. The molecule has 0 saturated heterocycles. The van der Waals surface area contributed by atoms with Gasteiger partial charge in [-0.3, -0.25) is 14.7 Å². The third kappa shape index (κ3) is 3.04. The fourth-order valence-corrected chi connectivity index (χ4v) is 4.16. The Morgan fingerprint density at radius 3 is 2.72 bits per heavy atom. The molecule has 0 bridgehead atoms. The summed E-state index contributed by atoms with van der Waals surface area (Å²) in [7, 11) is 0. The average Bonchev–Trinajstić information content (AvgIpc) is 3.11. The lowest BCUT2D eigenvalue weighted by Crippen LogP contribution is -2.29. The first kappa shape index (κ1) is 16.5. The molecule has 0 radical (unpaired) electrons. The summed E-state index contributed by atoms with van der Waals surface area (Å²) in [6.07, 6.45) is 9.31. The fourth-order valence-electron chi connectivity index (χ4n) is 4.04. The first-order valence-corrected chi connectivity index (χ1v) is 9.57. The van der Waals surface area contributed by atoms with E-state index >= 15 is 0 Å². The van der Waals surface area contributed by atoms with E-state index in [0.29, 0.717) is 5.82 Å². The molecule has 0 fully saturated rings. The van der Waals surface area contributed by atoms with Gasteiger partial charge in [0.25, 0.3) is 0 Å². The Bertz CT molecular complexity index is 834. The third-order valence-electron chi connectivity index (χ3n) is 5.27. The molecule has 1 heterocycles. The predicted molar refractivity (Wildman–Crippen MR) is 99.7 cm³/mol. The molecule has 2 aliphatic rings. The van der Waals surface area contributed by atoms with Gasteiger partial charge >= 0.3 is 0 Å². The number of benzene rings is 1. The number of nitrogens with zero attached hydrogens (tertiary/aromatic N) is 3. The van der Waals surface area contributed by atoms with E-state index in [1.165, 1.54) is 23.1 Å². The largest absolute Gasteiger partial charge is 0.273 e. The molecule has 1 aromatic carbocycles. The number of aryl methyl sites for hydroxylation is 4. The number of rotatable bonds is 3. The van der Waals surface area contributed by atoms with Gasteiger partial charge in [0, 0.05) is 0 Å². The van der Waals surface area contributed by atoms with E-state index in [1.807, 2.05) is 0 Å². The third-order valence-corrected chi connectivity index (χ3v) is 5.50. The zero-order valence-electron chi connectivity index (χ0n) is 14.5. The summed E-state index contributed by atoms with van der Waals surface area (Å²) >= 11 is 5.91. The molecule has 2 aliphatic carbocycles. The van der Waals surface area contributed by atoms with Gasteiger partial charge in [0.05, 0.1) is 23.3 Å². The number of aromatic nitrogens is 2. The summed E-state index contributed by atoms with van der Waals surface area (Å²) < 4.78 is 0. The Balaban J connectivity index is 1.79. The van der Waals surface area contributed by atoms with Gasteiger partial charge in [-0.05, 0) is 80.7 Å². The molecule has 1 aromatic heterocycles. The maximum atomic E-state index is 12.6. The standard InChI is InChI=1S/C20H22ClN3O/c1-13-9-15(10-14-5-4-6-16(13)14)24(20(25)11-21)19-12-22-17-7-2-3-8-18(17)23-19/h9-10,12H,2-8,11H2,1H3. The highest BCUT2D eigenvalue weighted by Gasteiger charge is 2.24. The van der Waals surface area contributed by atoms with Gasteiger partial charge in [-0.25, -0.2) is 4.98 Å². The number of hydrogen-bond donors (Lipinski definition) is 0. The second-order valence-corrected chi connectivity index (χ2v) is 7.21. The van der Waals surface area contributed by atoms with Crippen LogP contribution in [0.5, 0.6) is 0 Å². The van der Waals surface area contributed by atoms with Crippen LogP contribution >= 0.6 is 11.6 Å². The molecule has 2 aromatic rings. The lowest BCUT2D eigenvalue weighted by molar-refractivity contribution is -0.115. The van der Waals surface area contributed by atoms with Crippen molar-refractivity contribution >= 4 is 29.0 Å². The zero-order chi connectivity index (χ0) is 17.4. The Morgan fingerprint density at radius 2 is 1.92 bits per heavy atom. The number of alkyl halides is 1. The summed E-state index contributed by atoms with van der Waals surface area (Å²) in [4.78, 5) is 23.6. The van der Waals surface area contributed by atoms with Crippen LogP contribution in [0.3, 0.4) is 0 Å². The molecule has 0 atom stereocenters. The molecule has 25 heavy (non-hydrogen) atoms. The first-order chi connectivity index (χ1) is 12.2. The smallest absolute Gasteiger partial charge is 0.247 e. The predicted octanol–water partition coefficient (Wildman–Crippen LogP) is 4.06. The number of fused-ring (bicyclic) bond motifs is 2. The Hall–Kier alpha value is -1.94. The van der Waals surface area contributed by atoms with Gasteiger partial charge in [-0.1, -0.05) is 0 Å². The highest BCUT2D eigenvalue weighted by Crippen LogP contribution is 2.33. The van der Waals surface area contributed by atoms with Gasteiger partial charge in [0.2, 0.25) is 5.91 Å². The lowest BCUT2D eigenvalue weighted by atomic mass is 10.0. The van der Waals surface area contributed by atoms with Crippen molar-refractivity contribution in [1.29, 1.82) is 0 Å². The van der Waals surface area contributed by atoms with Crippen molar-refractivity contribution in [2.75, 3.05) is 10.8 Å². The molecule has 0 saturated carbocycles. The molecule has 130 valence electrons. The zero-order valence-corrected chi connectivity index (χ0v) is 15.3. The number of amides is 1. The number of carbonyl (C=O) groups excluding carboxylic acids is 1. The monoisotopic (exact) mass is 355 g/mol. The van der Waals surface area contributed by atoms with E-state index < -0.39 is 0 Å². The van der Waals surface area contributed by atoms with Crippen molar-refractivity contribution in [1.82, 2.24) is 9.97 Å². The Kier molecular flexibility index (Phi) is 4.46. The second kappa shape index (κ2) is 6.75. The minimum Gasteiger partial charge on any atom is -0.273 e. The van der Waals surface area contributed by atoms with Crippen molar-refractivity contribution < 1.29 is 4.79 Å². The van der Waals surface area contributed by atoms with Crippen LogP contribution in [0.25, 0.3) is 0 Å². The van der Waals surface area contributed by atoms with Crippen LogP contribution in [0.2, 0.25) is 0 Å². The van der Waals surface area contributed by atoms with Crippen LogP contribution in [0.4, 0.5) is 11.5 Å². The molecule has 5 heteroatoms. The van der Waals surface area contributed by atoms with Gasteiger partial charge in [0.1, 0.15) is 5.88 Å². The number of anilines is 2. The molecule has 0 spiro atoms. The van der Waals surface area contributed by atoms with Gasteiger partial charge in [-0.2, -0.15) is 0 Å². The van der Waals surface area contributed by atoms with Crippen molar-refractivity contribution in [3.63, 3.8) is 0 Å². The molecule has 1 amide bonds. The SMILES string of the molecule is Cc1cc(N(C(=O)CCl)c2cnc3c(n2)CCCC3)cc2c1CCC2. The molecule has 4 rings (SSSR count). The van der Waals surface area contributed by atoms with Crippen LogP contribution in [-0.4, -0.2) is 21.8 Å². The van der Waals surface area contributed by atoms with Crippen molar-refractivity contribution in [2.45, 2.75) is 51.9 Å². The van der Waals surface area contributed by atoms with Crippen LogP contribution < -0.4 is 4.90 Å². The lowest BCUT2D eigenvalue weighted by Gasteiger charge is -2.24. The molecular weight excluding hydrogens is 334 g/mol. The van der Waals surface area contributed by atoms with E-state index in [2.05, 4.69) is 24.0 Å². The van der Waals surface area contributed by atoms with Crippen LogP contribution in [0.15, 0.2) is 18.3 Å². The maximum Gasteiger partial charge on any atom is 0.247 e. The maximum absolute atomic E-state index is 12.6. The quantitative estimate of drug-likeness (QED) is 0.780. The molecule has 0 N–H and O–H groups in total. The fraction of sp³-hybridized carbons (Fsp3) is 0.450. The molecule has 0 unspecified atom stereocenters. The topological polar surface area (TPSA) is 46.1 Å². The van der Waals surface area contributed by atoms with Crippen molar-refractivity contribution in [2.24, 2.45) is 0 Å². The second-order valence-electron chi connectivity index (χ2n) is 6.95. The van der Waals surface area contributed by atoms with E-state index in [4.69, 9.17) is 16.6 Å². The Labute approximate surface area is 153 Å². The van der Waals surface area contributed by atoms with Crippen molar-refractivity contribution in [3.8, 4) is 0 Å². The Morgan fingerprint density at radius 1 is 1.12 bits per heavy atom. The molecular formula is C20H22ClN3O. The first-order valence-electron chi connectivity index (χ1n) is 9.03. The minimum atomic E-state index is -0.163. The molecule has 0 aliphatic heterocycles. The van der Waals surface area contributed by atoms with E-state index in [-0.39, 0.29) is 11.8 Å². The summed E-state index contributed by atoms with van der Waals surface area (Å²) in [5.74, 6) is 0.349. The summed E-state index contributed by atoms with van der Waals surface area (Å²) in [5, 5.41) is 0. The van der Waals surface area contributed by atoms with Crippen LogP contribution in [0, 0.1) is 6.92 Å². The summed E-state index contributed by atoms with van der Waals surface area (Å²) in [6, 6.07) is 4.21. The van der Waals surface area contributed by atoms with E-state index in [9.17, 15) is 4.79 Å². The van der Waals surface area contributed by atoms with Crippen molar-refractivity contribution in [3.05, 3.63) is 46.4 Å². The van der Waals surface area contributed by atoms with Crippen LogP contribution in [-0.2, 0) is 30.5 Å². The van der Waals surface area contributed by atoms with E-state index in [0.717, 1.165) is 55.6 Å². The van der Waals surface area contributed by atoms with Crippen LogP contribution in [0.1, 0.15) is 47.3 Å². The van der Waals surface area contributed by atoms with E-state index in [1.54, 1.807) is 11.1 Å². The highest BCUT2D eigenvalue weighted by atomic mass is 35.5. The number of halogens is 1. The van der Waals surface area contributed by atoms with Gasteiger partial charge in [-0.15, -0.1) is 11.6 Å².